The van der Waals surface area contributed by atoms with Crippen molar-refractivity contribution >= 4 is 23.5 Å². The van der Waals surface area contributed by atoms with E-state index in [0.717, 1.165) is 10.5 Å². The Balaban J connectivity index is 1.59. The number of imide groups is 1. The van der Waals surface area contributed by atoms with Crippen LogP contribution in [0, 0.1) is 0 Å². The van der Waals surface area contributed by atoms with Crippen molar-refractivity contribution in [3.63, 3.8) is 0 Å². The van der Waals surface area contributed by atoms with E-state index >= 15 is 0 Å². The molecule has 6 nitrogen and oxygen atoms in total. The molecule has 28 heavy (non-hydrogen) atoms. The zero-order valence-corrected chi connectivity index (χ0v) is 15.9. The highest BCUT2D eigenvalue weighted by Crippen LogP contribution is 2.34. The molecule has 0 bridgehead atoms. The first-order valence-corrected chi connectivity index (χ1v) is 9.32. The molecule has 0 spiro atoms. The molecule has 7 heteroatoms. The number of nitrogens with one attached hydrogen (secondary N) is 1. The van der Waals surface area contributed by atoms with Crippen molar-refractivity contribution in [3.05, 3.63) is 77.0 Å². The van der Waals surface area contributed by atoms with Crippen molar-refractivity contribution in [1.82, 2.24) is 15.4 Å². The first-order valence-electron chi connectivity index (χ1n) is 8.94. The minimum atomic E-state index is -1.11. The van der Waals surface area contributed by atoms with Crippen molar-refractivity contribution in [1.29, 1.82) is 0 Å². The predicted octanol–water partition coefficient (Wildman–Crippen LogP) is 4.35. The first-order chi connectivity index (χ1) is 13.5. The lowest BCUT2D eigenvalue weighted by Crippen LogP contribution is -2.43. The summed E-state index contributed by atoms with van der Waals surface area (Å²) >= 11 is 5.96. The average Bonchev–Trinajstić information content (AvgIpc) is 3.28. The molecule has 1 atom stereocenters. The van der Waals surface area contributed by atoms with Gasteiger partial charge in [0.1, 0.15) is 11.2 Å². The molecule has 1 aromatic heterocycles. The number of halogens is 1. The Kier molecular flexibility index (Phi) is 4.65. The van der Waals surface area contributed by atoms with E-state index in [0.29, 0.717) is 28.5 Å². The maximum Gasteiger partial charge on any atom is 0.325 e. The van der Waals surface area contributed by atoms with Crippen molar-refractivity contribution in [2.75, 3.05) is 0 Å². The summed E-state index contributed by atoms with van der Waals surface area (Å²) in [4.78, 5) is 26.9. The number of urea groups is 1. The molecular formula is C21H18ClN3O3. The third-order valence-electron chi connectivity index (χ3n) is 4.99. The normalized spacial score (nSPS) is 19.1. The van der Waals surface area contributed by atoms with Gasteiger partial charge in [-0.2, -0.15) is 0 Å². The predicted molar refractivity (Wildman–Crippen MR) is 104 cm³/mol. The Bertz CT molecular complexity index is 1020. The van der Waals surface area contributed by atoms with Crippen LogP contribution in [0.3, 0.4) is 0 Å². The molecule has 1 aliphatic rings. The van der Waals surface area contributed by atoms with Crippen LogP contribution in [0.25, 0.3) is 11.3 Å². The van der Waals surface area contributed by atoms with Crippen LogP contribution in [0.15, 0.2) is 65.2 Å². The van der Waals surface area contributed by atoms with Crippen molar-refractivity contribution in [2.45, 2.75) is 25.4 Å². The maximum absolute atomic E-state index is 13.2. The van der Waals surface area contributed by atoms with Crippen LogP contribution < -0.4 is 5.32 Å². The van der Waals surface area contributed by atoms with Crippen LogP contribution in [0.5, 0.6) is 0 Å². The molecule has 0 radical (unpaired) electrons. The molecule has 2 heterocycles. The van der Waals surface area contributed by atoms with Gasteiger partial charge in [0.05, 0.1) is 6.54 Å². The Labute approximate surface area is 167 Å². The summed E-state index contributed by atoms with van der Waals surface area (Å²) in [6.07, 6.45) is 0.418. The lowest BCUT2D eigenvalue weighted by molar-refractivity contribution is -0.132. The fourth-order valence-corrected chi connectivity index (χ4v) is 3.56. The third kappa shape index (κ3) is 3.05. The molecule has 0 aliphatic carbocycles. The molecule has 3 amide bonds. The third-order valence-corrected chi connectivity index (χ3v) is 5.24. The van der Waals surface area contributed by atoms with Crippen molar-refractivity contribution in [3.8, 4) is 11.3 Å². The van der Waals surface area contributed by atoms with Gasteiger partial charge in [0, 0.05) is 16.7 Å². The molecule has 142 valence electrons. The highest BCUT2D eigenvalue weighted by atomic mass is 35.5. The Morgan fingerprint density at radius 3 is 2.50 bits per heavy atom. The lowest BCUT2D eigenvalue weighted by atomic mass is 9.87. The van der Waals surface area contributed by atoms with Crippen LogP contribution in [0.1, 0.15) is 24.7 Å². The van der Waals surface area contributed by atoms with Crippen LogP contribution >= 0.6 is 11.6 Å². The zero-order chi connectivity index (χ0) is 19.7. The van der Waals surface area contributed by atoms with E-state index in [1.807, 2.05) is 37.3 Å². The largest absolute Gasteiger partial charge is 0.359 e. The fraction of sp³-hybridized carbons (Fsp3) is 0.190. The van der Waals surface area contributed by atoms with Gasteiger partial charge in [-0.25, -0.2) is 4.79 Å². The molecule has 1 unspecified atom stereocenters. The van der Waals surface area contributed by atoms with E-state index < -0.39 is 11.6 Å². The average molecular weight is 396 g/mol. The van der Waals surface area contributed by atoms with Gasteiger partial charge in [-0.3, -0.25) is 9.69 Å². The number of carbonyl (C=O) groups excluding carboxylic acids is 2. The number of hydrogen-bond donors (Lipinski definition) is 1. The summed E-state index contributed by atoms with van der Waals surface area (Å²) in [6.45, 7) is 1.87. The molecule has 2 aromatic carbocycles. The maximum atomic E-state index is 13.2. The zero-order valence-electron chi connectivity index (χ0n) is 15.2. The van der Waals surface area contributed by atoms with E-state index in [9.17, 15) is 9.59 Å². The Morgan fingerprint density at radius 1 is 1.11 bits per heavy atom. The number of aromatic nitrogens is 1. The summed E-state index contributed by atoms with van der Waals surface area (Å²) < 4.78 is 5.36. The van der Waals surface area contributed by atoms with E-state index in [1.165, 1.54) is 0 Å². The van der Waals surface area contributed by atoms with Crippen molar-refractivity contribution < 1.29 is 14.1 Å². The number of carbonyl (C=O) groups is 2. The Hall–Kier alpha value is -3.12. The summed E-state index contributed by atoms with van der Waals surface area (Å²) in [7, 11) is 0. The van der Waals surface area contributed by atoms with Gasteiger partial charge in [0.2, 0.25) is 0 Å². The van der Waals surface area contributed by atoms with Gasteiger partial charge in [-0.15, -0.1) is 0 Å². The van der Waals surface area contributed by atoms with Crippen LogP contribution in [0.4, 0.5) is 4.79 Å². The second-order valence-electron chi connectivity index (χ2n) is 6.63. The molecule has 1 N–H and O–H groups in total. The van der Waals surface area contributed by atoms with E-state index in [2.05, 4.69) is 10.5 Å². The van der Waals surface area contributed by atoms with Gasteiger partial charge in [0.15, 0.2) is 5.76 Å². The highest BCUT2D eigenvalue weighted by molar-refractivity contribution is 6.30. The summed E-state index contributed by atoms with van der Waals surface area (Å²) in [5.41, 5.74) is 1.15. The highest BCUT2D eigenvalue weighted by Gasteiger charge is 2.51. The lowest BCUT2D eigenvalue weighted by Gasteiger charge is -2.25. The van der Waals surface area contributed by atoms with Crippen molar-refractivity contribution in [2.24, 2.45) is 0 Å². The second-order valence-corrected chi connectivity index (χ2v) is 7.07. The summed E-state index contributed by atoms with van der Waals surface area (Å²) in [5.74, 6) is 0.116. The second kappa shape index (κ2) is 7.13. The van der Waals surface area contributed by atoms with Crippen LogP contribution in [-0.2, 0) is 16.9 Å². The number of nitrogens with zero attached hydrogens (tertiary/aromatic N) is 2. The first kappa shape index (κ1) is 18.3. The van der Waals surface area contributed by atoms with E-state index in [-0.39, 0.29) is 12.5 Å². The minimum absolute atomic E-state index is 0.0137. The van der Waals surface area contributed by atoms with Gasteiger partial charge in [-0.1, -0.05) is 66.1 Å². The quantitative estimate of drug-likeness (QED) is 0.651. The molecule has 3 aromatic rings. The minimum Gasteiger partial charge on any atom is -0.359 e. The van der Waals surface area contributed by atoms with E-state index in [1.54, 1.807) is 30.3 Å². The molecular weight excluding hydrogens is 378 g/mol. The van der Waals surface area contributed by atoms with Gasteiger partial charge < -0.3 is 9.84 Å². The molecule has 1 aliphatic heterocycles. The number of benzene rings is 2. The topological polar surface area (TPSA) is 75.4 Å². The fourth-order valence-electron chi connectivity index (χ4n) is 3.43. The smallest absolute Gasteiger partial charge is 0.325 e. The van der Waals surface area contributed by atoms with Crippen LogP contribution in [-0.4, -0.2) is 22.0 Å². The van der Waals surface area contributed by atoms with E-state index in [4.69, 9.17) is 16.1 Å². The summed E-state index contributed by atoms with van der Waals surface area (Å²) in [5, 5.41) is 7.46. The molecule has 1 saturated heterocycles. The molecule has 0 saturated carbocycles. The monoisotopic (exact) mass is 395 g/mol. The molecule has 4 rings (SSSR count). The number of amides is 3. The molecule has 1 fully saturated rings. The number of hydrogen-bond acceptors (Lipinski definition) is 4. The van der Waals surface area contributed by atoms with Gasteiger partial charge in [-0.05, 0) is 24.1 Å². The van der Waals surface area contributed by atoms with Crippen LogP contribution in [0.2, 0.25) is 5.02 Å². The Morgan fingerprint density at radius 2 is 1.82 bits per heavy atom. The number of rotatable bonds is 5. The summed E-state index contributed by atoms with van der Waals surface area (Å²) in [6, 6.07) is 17.8. The SMILES string of the molecule is CCC1(c2ccc(Cl)cc2)NC(=O)N(Cc2cc(-c3ccccc3)no2)C1=O. The standard InChI is InChI=1S/C21H18ClN3O3/c1-2-21(15-8-10-16(22)11-9-15)19(26)25(20(27)23-21)13-17-12-18(24-28-17)14-6-4-3-5-7-14/h3-12H,2,13H2,1H3,(H,23,27). The van der Waals surface area contributed by atoms with Gasteiger partial charge >= 0.3 is 6.03 Å². The van der Waals surface area contributed by atoms with Gasteiger partial charge in [0.25, 0.3) is 5.91 Å².